The summed E-state index contributed by atoms with van der Waals surface area (Å²) in [7, 11) is 2.19. The molecular weight excluding hydrogens is 232 g/mol. The molecule has 1 unspecified atom stereocenters. The molecule has 0 spiro atoms. The van der Waals surface area contributed by atoms with Gasteiger partial charge >= 0.3 is 0 Å². The second kappa shape index (κ2) is 7.99. The van der Waals surface area contributed by atoms with Gasteiger partial charge in [-0.15, -0.1) is 0 Å². The standard InChI is InChI=1S/C17H26N2/c1-14(2)12-15(3)19(4)13-17-9-7-16(8-10-17)6-5-11-18/h7-10,14-15H,11-13,18H2,1-4H3. The molecule has 2 nitrogen and oxygen atoms in total. The minimum atomic E-state index is 0.414. The number of nitrogens with zero attached hydrogens (tertiary/aromatic N) is 1. The number of nitrogens with two attached hydrogens (primary N) is 1. The quantitative estimate of drug-likeness (QED) is 0.823. The minimum absolute atomic E-state index is 0.414. The Hall–Kier alpha value is -1.30. The van der Waals surface area contributed by atoms with Gasteiger partial charge in [0.05, 0.1) is 6.54 Å². The van der Waals surface area contributed by atoms with Gasteiger partial charge in [-0.3, -0.25) is 4.90 Å². The third kappa shape index (κ3) is 5.92. The number of rotatable bonds is 5. The fourth-order valence-corrected chi connectivity index (χ4v) is 2.15. The summed E-state index contributed by atoms with van der Waals surface area (Å²) in [5, 5.41) is 0. The molecule has 2 N–H and O–H groups in total. The molecule has 0 aromatic heterocycles. The maximum Gasteiger partial charge on any atom is 0.0555 e. The van der Waals surface area contributed by atoms with Crippen molar-refractivity contribution in [3.8, 4) is 11.8 Å². The summed E-state index contributed by atoms with van der Waals surface area (Å²) in [5.74, 6) is 6.66. The fraction of sp³-hybridized carbons (Fsp3) is 0.529. The summed E-state index contributed by atoms with van der Waals surface area (Å²) >= 11 is 0. The summed E-state index contributed by atoms with van der Waals surface area (Å²) in [6.45, 7) is 8.24. The van der Waals surface area contributed by atoms with Gasteiger partial charge in [-0.25, -0.2) is 0 Å². The van der Waals surface area contributed by atoms with Gasteiger partial charge in [0, 0.05) is 18.2 Å². The van der Waals surface area contributed by atoms with Crippen LogP contribution in [0.4, 0.5) is 0 Å². The molecule has 0 fully saturated rings. The van der Waals surface area contributed by atoms with E-state index in [1.54, 1.807) is 0 Å². The lowest BCUT2D eigenvalue weighted by Crippen LogP contribution is -2.29. The van der Waals surface area contributed by atoms with Crippen molar-refractivity contribution >= 4 is 0 Å². The Bertz CT molecular complexity index is 423. The molecule has 2 heteroatoms. The molecule has 0 heterocycles. The zero-order valence-corrected chi connectivity index (χ0v) is 12.6. The van der Waals surface area contributed by atoms with Gasteiger partial charge in [0.25, 0.3) is 0 Å². The topological polar surface area (TPSA) is 29.3 Å². The van der Waals surface area contributed by atoms with Crippen LogP contribution in [0.1, 0.15) is 38.3 Å². The largest absolute Gasteiger partial charge is 0.320 e. The average Bonchev–Trinajstić information content (AvgIpc) is 2.37. The Labute approximate surface area is 118 Å². The van der Waals surface area contributed by atoms with Gasteiger partial charge in [0.1, 0.15) is 0 Å². The summed E-state index contributed by atoms with van der Waals surface area (Å²) in [6, 6.07) is 9.05. The molecule has 0 saturated carbocycles. The maximum atomic E-state index is 5.36. The van der Waals surface area contributed by atoms with Gasteiger partial charge in [-0.2, -0.15) is 0 Å². The van der Waals surface area contributed by atoms with Crippen LogP contribution in [0, 0.1) is 17.8 Å². The van der Waals surface area contributed by atoms with Crippen molar-refractivity contribution < 1.29 is 0 Å². The van der Waals surface area contributed by atoms with Crippen LogP contribution in [0.2, 0.25) is 0 Å². The van der Waals surface area contributed by atoms with E-state index in [9.17, 15) is 0 Å². The highest BCUT2D eigenvalue weighted by molar-refractivity contribution is 5.36. The number of hydrogen-bond donors (Lipinski definition) is 1. The molecule has 0 aliphatic rings. The van der Waals surface area contributed by atoms with Gasteiger partial charge in [-0.05, 0) is 44.0 Å². The van der Waals surface area contributed by atoms with Crippen LogP contribution < -0.4 is 5.73 Å². The van der Waals surface area contributed by atoms with Crippen LogP contribution in [0.5, 0.6) is 0 Å². The fourth-order valence-electron chi connectivity index (χ4n) is 2.15. The summed E-state index contributed by atoms with van der Waals surface area (Å²) in [6.07, 6.45) is 1.23. The first-order chi connectivity index (χ1) is 9.02. The summed E-state index contributed by atoms with van der Waals surface area (Å²) < 4.78 is 0. The Balaban J connectivity index is 2.57. The van der Waals surface area contributed by atoms with Crippen LogP contribution in [0.25, 0.3) is 0 Å². The average molecular weight is 258 g/mol. The predicted molar refractivity (Wildman–Crippen MR) is 82.8 cm³/mol. The van der Waals surface area contributed by atoms with Gasteiger partial charge in [-0.1, -0.05) is 37.8 Å². The molecule has 1 aromatic rings. The van der Waals surface area contributed by atoms with Crippen LogP contribution >= 0.6 is 0 Å². The zero-order chi connectivity index (χ0) is 14.3. The van der Waals surface area contributed by atoms with Crippen molar-refractivity contribution in [2.24, 2.45) is 11.7 Å². The predicted octanol–water partition coefficient (Wildman–Crippen LogP) is 2.86. The molecule has 0 aliphatic carbocycles. The molecule has 0 amide bonds. The SMILES string of the molecule is CC(C)CC(C)N(C)Cc1ccc(C#CCN)cc1. The van der Waals surface area contributed by atoms with E-state index >= 15 is 0 Å². The Morgan fingerprint density at radius 3 is 2.32 bits per heavy atom. The first kappa shape index (κ1) is 15.8. The zero-order valence-electron chi connectivity index (χ0n) is 12.6. The highest BCUT2D eigenvalue weighted by Crippen LogP contribution is 2.13. The van der Waals surface area contributed by atoms with Crippen LogP contribution in [0.15, 0.2) is 24.3 Å². The highest BCUT2D eigenvalue weighted by Gasteiger charge is 2.11. The molecule has 1 rings (SSSR count). The van der Waals surface area contributed by atoms with E-state index < -0.39 is 0 Å². The Kier molecular flexibility index (Phi) is 6.62. The third-order valence-electron chi connectivity index (χ3n) is 3.29. The lowest BCUT2D eigenvalue weighted by atomic mass is 10.0. The van der Waals surface area contributed by atoms with Crippen LogP contribution in [0.3, 0.4) is 0 Å². The van der Waals surface area contributed by atoms with E-state index in [4.69, 9.17) is 5.73 Å². The second-order valence-corrected chi connectivity index (χ2v) is 5.60. The van der Waals surface area contributed by atoms with Crippen molar-refractivity contribution in [3.05, 3.63) is 35.4 Å². The molecule has 104 valence electrons. The van der Waals surface area contributed by atoms with E-state index in [1.165, 1.54) is 12.0 Å². The minimum Gasteiger partial charge on any atom is -0.320 e. The van der Waals surface area contributed by atoms with Crippen molar-refractivity contribution in [1.82, 2.24) is 4.90 Å². The molecule has 19 heavy (non-hydrogen) atoms. The van der Waals surface area contributed by atoms with E-state index in [0.29, 0.717) is 12.6 Å². The summed E-state index contributed by atoms with van der Waals surface area (Å²) in [4.78, 5) is 2.40. The Morgan fingerprint density at radius 2 is 1.79 bits per heavy atom. The summed E-state index contributed by atoms with van der Waals surface area (Å²) in [5.41, 5.74) is 7.73. The lowest BCUT2D eigenvalue weighted by Gasteiger charge is -2.26. The Morgan fingerprint density at radius 1 is 1.16 bits per heavy atom. The van der Waals surface area contributed by atoms with E-state index in [2.05, 4.69) is 68.8 Å². The first-order valence-corrected chi connectivity index (χ1v) is 7.01. The normalized spacial score (nSPS) is 12.4. The molecule has 0 bridgehead atoms. The molecule has 0 saturated heterocycles. The smallest absolute Gasteiger partial charge is 0.0555 e. The lowest BCUT2D eigenvalue weighted by molar-refractivity contribution is 0.220. The van der Waals surface area contributed by atoms with Crippen LogP contribution in [-0.4, -0.2) is 24.5 Å². The van der Waals surface area contributed by atoms with Crippen molar-refractivity contribution in [3.63, 3.8) is 0 Å². The van der Waals surface area contributed by atoms with Gasteiger partial charge in [0.15, 0.2) is 0 Å². The number of hydrogen-bond acceptors (Lipinski definition) is 2. The molecular formula is C17H26N2. The first-order valence-electron chi connectivity index (χ1n) is 7.01. The second-order valence-electron chi connectivity index (χ2n) is 5.60. The van der Waals surface area contributed by atoms with Gasteiger partial charge in [0.2, 0.25) is 0 Å². The maximum absolute atomic E-state index is 5.36. The monoisotopic (exact) mass is 258 g/mol. The number of benzene rings is 1. The molecule has 0 radical (unpaired) electrons. The van der Waals surface area contributed by atoms with Gasteiger partial charge < -0.3 is 5.73 Å². The highest BCUT2D eigenvalue weighted by atomic mass is 15.1. The van der Waals surface area contributed by atoms with Crippen molar-refractivity contribution in [1.29, 1.82) is 0 Å². The van der Waals surface area contributed by atoms with E-state index in [-0.39, 0.29) is 0 Å². The van der Waals surface area contributed by atoms with Crippen molar-refractivity contribution in [2.75, 3.05) is 13.6 Å². The molecule has 1 atom stereocenters. The molecule has 0 aliphatic heterocycles. The third-order valence-corrected chi connectivity index (χ3v) is 3.29. The molecule has 1 aromatic carbocycles. The van der Waals surface area contributed by atoms with E-state index in [1.807, 2.05) is 0 Å². The van der Waals surface area contributed by atoms with Crippen LogP contribution in [-0.2, 0) is 6.54 Å². The van der Waals surface area contributed by atoms with Crippen molar-refractivity contribution in [2.45, 2.75) is 39.8 Å². The van der Waals surface area contributed by atoms with E-state index in [0.717, 1.165) is 18.0 Å².